The van der Waals surface area contributed by atoms with Gasteiger partial charge in [-0.1, -0.05) is 0 Å². The SMILES string of the molecule is CC(C)(C)N(C(C)(C)C)P(=O)(N(C(C)(C)C)C(C)(C)C)N(C(C)(C)C)C(C)(C)C. The van der Waals surface area contributed by atoms with Crippen LogP contribution in [0.4, 0.5) is 0 Å². The van der Waals surface area contributed by atoms with Crippen molar-refractivity contribution in [3.63, 3.8) is 0 Å². The van der Waals surface area contributed by atoms with E-state index in [-0.39, 0.29) is 33.2 Å². The van der Waals surface area contributed by atoms with Gasteiger partial charge in [0.1, 0.15) is 0 Å². The smallest absolute Gasteiger partial charge is 0.270 e. The summed E-state index contributed by atoms with van der Waals surface area (Å²) in [5, 5.41) is 0. The molecule has 0 rings (SSSR count). The van der Waals surface area contributed by atoms with E-state index in [4.69, 9.17) is 0 Å². The molecule has 0 aliphatic heterocycles. The van der Waals surface area contributed by atoms with E-state index in [1.165, 1.54) is 0 Å². The third-order valence-corrected chi connectivity index (χ3v) is 9.76. The van der Waals surface area contributed by atoms with Gasteiger partial charge in [-0.2, -0.15) is 0 Å². The van der Waals surface area contributed by atoms with Crippen LogP contribution in [0, 0.1) is 0 Å². The van der Waals surface area contributed by atoms with Crippen LogP contribution < -0.4 is 0 Å². The quantitative estimate of drug-likeness (QED) is 0.426. The summed E-state index contributed by atoms with van der Waals surface area (Å²) < 4.78 is 22.9. The Labute approximate surface area is 184 Å². The highest BCUT2D eigenvalue weighted by Gasteiger charge is 2.61. The lowest BCUT2D eigenvalue weighted by Crippen LogP contribution is -2.66. The van der Waals surface area contributed by atoms with Crippen LogP contribution >= 0.6 is 7.59 Å². The number of hydrogen-bond donors (Lipinski definition) is 0. The molecule has 0 aliphatic carbocycles. The van der Waals surface area contributed by atoms with Gasteiger partial charge in [0.15, 0.2) is 0 Å². The summed E-state index contributed by atoms with van der Waals surface area (Å²) in [7, 11) is -3.28. The monoisotopic (exact) mass is 431 g/mol. The van der Waals surface area contributed by atoms with Gasteiger partial charge in [-0.05, 0) is 125 Å². The Morgan fingerprint density at radius 3 is 0.517 bits per heavy atom. The van der Waals surface area contributed by atoms with E-state index in [1.54, 1.807) is 0 Å². The molecule has 0 fully saturated rings. The minimum atomic E-state index is -3.28. The molecule has 0 bridgehead atoms. The standard InChI is InChI=1S/C24H54N3OP/c1-19(2,3)25(20(4,5)6)29(28,26(21(7,8)9)22(10,11)12)27(23(13,14)15)24(16,17)18/h1-18H3. The van der Waals surface area contributed by atoms with Crippen molar-refractivity contribution in [2.24, 2.45) is 0 Å². The third kappa shape index (κ3) is 6.55. The first-order chi connectivity index (χ1) is 12.1. The molecule has 0 atom stereocenters. The van der Waals surface area contributed by atoms with Crippen LogP contribution in [0.2, 0.25) is 0 Å². The first kappa shape index (κ1) is 29.1. The van der Waals surface area contributed by atoms with E-state index < -0.39 is 7.59 Å². The average Bonchev–Trinajstić information content (AvgIpc) is 2.11. The minimum Gasteiger partial charge on any atom is -0.270 e. The Bertz CT molecular complexity index is 471. The fourth-order valence-electron chi connectivity index (χ4n) is 5.63. The van der Waals surface area contributed by atoms with Crippen LogP contribution in [-0.4, -0.2) is 47.2 Å². The van der Waals surface area contributed by atoms with Crippen molar-refractivity contribution in [3.8, 4) is 0 Å². The Hall–Kier alpha value is 0.110. The Kier molecular flexibility index (Phi) is 7.94. The predicted octanol–water partition coefficient (Wildman–Crippen LogP) is 7.79. The van der Waals surface area contributed by atoms with Crippen molar-refractivity contribution in [2.75, 3.05) is 0 Å². The van der Waals surface area contributed by atoms with Crippen molar-refractivity contribution in [2.45, 2.75) is 158 Å². The van der Waals surface area contributed by atoms with Gasteiger partial charge in [-0.3, -0.25) is 4.57 Å². The molecule has 0 N–H and O–H groups in total. The lowest BCUT2D eigenvalue weighted by molar-refractivity contribution is 0.0235. The summed E-state index contributed by atoms with van der Waals surface area (Å²) in [5.41, 5.74) is -1.77. The van der Waals surface area contributed by atoms with Crippen LogP contribution in [0.1, 0.15) is 125 Å². The van der Waals surface area contributed by atoms with E-state index in [0.29, 0.717) is 0 Å². The van der Waals surface area contributed by atoms with Crippen LogP contribution in [-0.2, 0) is 4.57 Å². The molecule has 0 amide bonds. The van der Waals surface area contributed by atoms with Crippen molar-refractivity contribution < 1.29 is 4.57 Å². The first-order valence-electron chi connectivity index (χ1n) is 11.1. The van der Waals surface area contributed by atoms with E-state index in [2.05, 4.69) is 139 Å². The molecule has 0 aromatic heterocycles. The van der Waals surface area contributed by atoms with Gasteiger partial charge < -0.3 is 0 Å². The number of nitrogens with zero attached hydrogens (tertiary/aromatic N) is 3. The molecular weight excluding hydrogens is 377 g/mol. The van der Waals surface area contributed by atoms with Crippen molar-refractivity contribution in [1.82, 2.24) is 14.0 Å². The maximum atomic E-state index is 16.0. The molecule has 0 saturated carbocycles. The highest BCUT2D eigenvalue weighted by atomic mass is 31.2. The van der Waals surface area contributed by atoms with Crippen molar-refractivity contribution in [3.05, 3.63) is 0 Å². The maximum absolute atomic E-state index is 16.0. The van der Waals surface area contributed by atoms with E-state index in [0.717, 1.165) is 0 Å². The largest absolute Gasteiger partial charge is 0.289 e. The van der Waals surface area contributed by atoms with Gasteiger partial charge in [-0.15, -0.1) is 0 Å². The fourth-order valence-corrected chi connectivity index (χ4v) is 10.9. The fraction of sp³-hybridized carbons (Fsp3) is 1.00. The number of rotatable bonds is 3. The first-order valence-corrected chi connectivity index (χ1v) is 12.7. The third-order valence-electron chi connectivity index (χ3n) is 4.59. The van der Waals surface area contributed by atoms with Crippen LogP contribution in [0.15, 0.2) is 0 Å². The molecule has 0 aliphatic rings. The topological polar surface area (TPSA) is 26.8 Å². The molecule has 0 unspecified atom stereocenters. The summed E-state index contributed by atoms with van der Waals surface area (Å²) in [6.07, 6.45) is 0. The summed E-state index contributed by atoms with van der Waals surface area (Å²) in [6.45, 7) is 39.5. The molecular formula is C24H54N3OP. The summed E-state index contributed by atoms with van der Waals surface area (Å²) in [6, 6.07) is 0. The predicted molar refractivity (Wildman–Crippen MR) is 132 cm³/mol. The molecule has 29 heavy (non-hydrogen) atoms. The molecule has 0 saturated heterocycles. The van der Waals surface area contributed by atoms with E-state index >= 15 is 4.57 Å². The van der Waals surface area contributed by atoms with Crippen LogP contribution in [0.3, 0.4) is 0 Å². The van der Waals surface area contributed by atoms with Crippen molar-refractivity contribution >= 4 is 7.59 Å². The highest BCUT2D eigenvalue weighted by Crippen LogP contribution is 2.70. The summed E-state index contributed by atoms with van der Waals surface area (Å²) in [5.74, 6) is 0. The van der Waals surface area contributed by atoms with Crippen molar-refractivity contribution in [1.29, 1.82) is 0 Å². The normalized spacial score (nSPS) is 16.3. The zero-order valence-electron chi connectivity index (χ0n) is 23.2. The lowest BCUT2D eigenvalue weighted by atomic mass is 10.0. The Morgan fingerprint density at radius 2 is 0.448 bits per heavy atom. The zero-order chi connectivity index (χ0) is 24.2. The minimum absolute atomic E-state index is 0.294. The molecule has 0 aromatic carbocycles. The molecule has 5 heteroatoms. The second-order valence-corrected chi connectivity index (χ2v) is 16.7. The molecule has 0 radical (unpaired) electrons. The van der Waals surface area contributed by atoms with Gasteiger partial charge in [0.2, 0.25) is 0 Å². The average molecular weight is 432 g/mol. The lowest BCUT2D eigenvalue weighted by Gasteiger charge is -2.64. The maximum Gasteiger partial charge on any atom is 0.289 e. The molecule has 4 nitrogen and oxygen atoms in total. The van der Waals surface area contributed by atoms with Crippen LogP contribution in [0.5, 0.6) is 0 Å². The van der Waals surface area contributed by atoms with Gasteiger partial charge in [0.05, 0.1) is 0 Å². The molecule has 0 spiro atoms. The number of hydrogen-bond acceptors (Lipinski definition) is 1. The van der Waals surface area contributed by atoms with Gasteiger partial charge >= 0.3 is 0 Å². The Balaban J connectivity index is 7.76. The van der Waals surface area contributed by atoms with Gasteiger partial charge in [-0.25, -0.2) is 14.0 Å². The summed E-state index contributed by atoms with van der Waals surface area (Å²) in [4.78, 5) is 0. The zero-order valence-corrected chi connectivity index (χ0v) is 24.1. The summed E-state index contributed by atoms with van der Waals surface area (Å²) >= 11 is 0. The van der Waals surface area contributed by atoms with Gasteiger partial charge in [0.25, 0.3) is 7.59 Å². The van der Waals surface area contributed by atoms with Crippen LogP contribution in [0.25, 0.3) is 0 Å². The Morgan fingerprint density at radius 1 is 0.345 bits per heavy atom. The molecule has 176 valence electrons. The van der Waals surface area contributed by atoms with Gasteiger partial charge in [0, 0.05) is 33.2 Å². The highest BCUT2D eigenvalue weighted by molar-refractivity contribution is 7.57. The van der Waals surface area contributed by atoms with E-state index in [1.807, 2.05) is 0 Å². The molecule has 0 aromatic rings. The second-order valence-electron chi connectivity index (χ2n) is 14.5. The second kappa shape index (κ2) is 7.91. The molecule has 0 heterocycles. The van der Waals surface area contributed by atoms with E-state index in [9.17, 15) is 0 Å².